The van der Waals surface area contributed by atoms with E-state index in [1.807, 2.05) is 0 Å². The van der Waals surface area contributed by atoms with Crippen molar-refractivity contribution >= 4 is 12.0 Å². The van der Waals surface area contributed by atoms with Gasteiger partial charge in [-0.3, -0.25) is 0 Å². The smallest absolute Gasteiger partial charge is 0.326 e. The molecule has 0 bridgehead atoms. The highest BCUT2D eigenvalue weighted by Gasteiger charge is 2.35. The zero-order chi connectivity index (χ0) is 15.2. The lowest BCUT2D eigenvalue weighted by molar-refractivity contribution is -0.143. The van der Waals surface area contributed by atoms with E-state index >= 15 is 0 Å². The zero-order valence-electron chi connectivity index (χ0n) is 13.0. The Hall–Kier alpha value is -1.26. The van der Waals surface area contributed by atoms with E-state index in [0.717, 1.165) is 32.1 Å². The van der Waals surface area contributed by atoms with Crippen LogP contribution in [0.5, 0.6) is 0 Å². The molecule has 5 nitrogen and oxygen atoms in total. The fraction of sp³-hybridized carbons (Fsp3) is 0.875. The molecule has 2 N–H and O–H groups in total. The third-order valence-electron chi connectivity index (χ3n) is 4.84. The summed E-state index contributed by atoms with van der Waals surface area (Å²) < 4.78 is 0. The standard InChI is InChI=1S/C16H28N2O3/c1-12-9-10-18(14(11-12)15(19)20)16(21)17-13-7-5-3-2-4-6-8-13/h12-14H,2-11H2,1H3,(H,17,21)(H,19,20). The van der Waals surface area contributed by atoms with Crippen molar-refractivity contribution in [3.63, 3.8) is 0 Å². The van der Waals surface area contributed by atoms with Crippen molar-refractivity contribution < 1.29 is 14.7 Å². The van der Waals surface area contributed by atoms with Crippen molar-refractivity contribution in [1.82, 2.24) is 10.2 Å². The van der Waals surface area contributed by atoms with Crippen LogP contribution in [0.1, 0.15) is 64.7 Å². The van der Waals surface area contributed by atoms with Crippen molar-refractivity contribution in [2.75, 3.05) is 6.54 Å². The maximum absolute atomic E-state index is 12.4. The number of carboxylic acids is 1. The average molecular weight is 296 g/mol. The van der Waals surface area contributed by atoms with Gasteiger partial charge in [0.25, 0.3) is 0 Å². The van der Waals surface area contributed by atoms with E-state index in [1.165, 1.54) is 24.2 Å². The molecule has 2 aliphatic rings. The van der Waals surface area contributed by atoms with Gasteiger partial charge in [-0.15, -0.1) is 0 Å². The maximum atomic E-state index is 12.4. The maximum Gasteiger partial charge on any atom is 0.326 e. The Morgan fingerprint density at radius 3 is 2.29 bits per heavy atom. The molecule has 2 atom stereocenters. The molecule has 1 aliphatic heterocycles. The van der Waals surface area contributed by atoms with Crippen LogP contribution in [0.4, 0.5) is 4.79 Å². The van der Waals surface area contributed by atoms with E-state index in [1.54, 1.807) is 0 Å². The highest BCUT2D eigenvalue weighted by molar-refractivity contribution is 5.83. The molecule has 1 aliphatic carbocycles. The minimum absolute atomic E-state index is 0.181. The van der Waals surface area contributed by atoms with Crippen molar-refractivity contribution in [3.8, 4) is 0 Å². The quantitative estimate of drug-likeness (QED) is 0.823. The number of carboxylic acid groups (broad SMARTS) is 1. The van der Waals surface area contributed by atoms with Crippen LogP contribution in [0.25, 0.3) is 0 Å². The SMILES string of the molecule is CC1CCN(C(=O)NC2CCCCCCC2)C(C(=O)O)C1. The lowest BCUT2D eigenvalue weighted by atomic mass is 9.92. The van der Waals surface area contributed by atoms with Gasteiger partial charge >= 0.3 is 12.0 Å². The first-order chi connectivity index (χ1) is 10.1. The van der Waals surface area contributed by atoms with E-state index in [-0.39, 0.29) is 12.1 Å². The second-order valence-corrected chi connectivity index (χ2v) is 6.67. The molecule has 0 aromatic rings. The Kier molecular flexibility index (Phi) is 5.88. The molecule has 2 unspecified atom stereocenters. The van der Waals surface area contributed by atoms with Gasteiger partial charge in [0, 0.05) is 12.6 Å². The molecule has 21 heavy (non-hydrogen) atoms. The Bertz CT molecular complexity index is 365. The molecule has 2 rings (SSSR count). The summed E-state index contributed by atoms with van der Waals surface area (Å²) in [5.74, 6) is -0.508. The number of nitrogens with zero attached hydrogens (tertiary/aromatic N) is 1. The number of rotatable bonds is 2. The van der Waals surface area contributed by atoms with E-state index in [4.69, 9.17) is 0 Å². The minimum Gasteiger partial charge on any atom is -0.480 e. The van der Waals surface area contributed by atoms with Crippen LogP contribution in [0.2, 0.25) is 0 Å². The average Bonchev–Trinajstić information content (AvgIpc) is 2.41. The molecule has 2 fully saturated rings. The normalized spacial score (nSPS) is 28.5. The van der Waals surface area contributed by atoms with Gasteiger partial charge in [0.05, 0.1) is 0 Å². The highest BCUT2D eigenvalue weighted by atomic mass is 16.4. The monoisotopic (exact) mass is 296 g/mol. The first-order valence-corrected chi connectivity index (χ1v) is 8.38. The molecule has 1 saturated carbocycles. The van der Waals surface area contributed by atoms with Gasteiger partial charge < -0.3 is 15.3 Å². The topological polar surface area (TPSA) is 69.6 Å². The summed E-state index contributed by atoms with van der Waals surface area (Å²) >= 11 is 0. The van der Waals surface area contributed by atoms with Gasteiger partial charge in [0.1, 0.15) is 6.04 Å². The second-order valence-electron chi connectivity index (χ2n) is 6.67. The molecular formula is C16H28N2O3. The summed E-state index contributed by atoms with van der Waals surface area (Å²) in [6, 6.07) is -0.631. The van der Waals surface area contributed by atoms with Crippen LogP contribution in [-0.4, -0.2) is 40.6 Å². The number of carbonyl (C=O) groups is 2. The van der Waals surface area contributed by atoms with Gasteiger partial charge in [0.2, 0.25) is 0 Å². The van der Waals surface area contributed by atoms with E-state index in [0.29, 0.717) is 18.9 Å². The van der Waals surface area contributed by atoms with Crippen molar-refractivity contribution in [3.05, 3.63) is 0 Å². The van der Waals surface area contributed by atoms with Crippen LogP contribution in [0.15, 0.2) is 0 Å². The van der Waals surface area contributed by atoms with Gasteiger partial charge in [-0.05, 0) is 31.6 Å². The van der Waals surface area contributed by atoms with Crippen LogP contribution < -0.4 is 5.32 Å². The molecule has 5 heteroatoms. The molecule has 120 valence electrons. The van der Waals surface area contributed by atoms with Crippen molar-refractivity contribution in [1.29, 1.82) is 0 Å². The van der Waals surface area contributed by atoms with E-state index in [2.05, 4.69) is 12.2 Å². The number of urea groups is 1. The third-order valence-corrected chi connectivity index (χ3v) is 4.84. The van der Waals surface area contributed by atoms with Gasteiger partial charge in [-0.25, -0.2) is 9.59 Å². The fourth-order valence-electron chi connectivity index (χ4n) is 3.48. The molecule has 0 aromatic heterocycles. The van der Waals surface area contributed by atoms with Crippen LogP contribution in [-0.2, 0) is 4.79 Å². The van der Waals surface area contributed by atoms with E-state index in [9.17, 15) is 14.7 Å². The number of aliphatic carboxylic acids is 1. The first kappa shape index (κ1) is 16.1. The molecule has 0 aromatic carbocycles. The third kappa shape index (κ3) is 4.61. The van der Waals surface area contributed by atoms with Crippen LogP contribution >= 0.6 is 0 Å². The summed E-state index contributed by atoms with van der Waals surface area (Å²) in [6.07, 6.45) is 9.59. The summed E-state index contributed by atoms with van der Waals surface area (Å²) in [5, 5.41) is 12.4. The Labute approximate surface area is 127 Å². The lowest BCUT2D eigenvalue weighted by Crippen LogP contribution is -2.55. The Morgan fingerprint density at radius 1 is 1.05 bits per heavy atom. The summed E-state index contributed by atoms with van der Waals surface area (Å²) in [6.45, 7) is 2.61. The Morgan fingerprint density at radius 2 is 1.67 bits per heavy atom. The second kappa shape index (κ2) is 7.66. The van der Waals surface area contributed by atoms with Crippen LogP contribution in [0, 0.1) is 5.92 Å². The van der Waals surface area contributed by atoms with Gasteiger partial charge in [-0.2, -0.15) is 0 Å². The molecule has 0 spiro atoms. The number of nitrogens with one attached hydrogen (secondary N) is 1. The lowest BCUT2D eigenvalue weighted by Gasteiger charge is -2.37. The van der Waals surface area contributed by atoms with Crippen molar-refractivity contribution in [2.24, 2.45) is 5.92 Å². The fourth-order valence-corrected chi connectivity index (χ4v) is 3.48. The molecule has 1 heterocycles. The first-order valence-electron chi connectivity index (χ1n) is 8.38. The number of hydrogen-bond acceptors (Lipinski definition) is 2. The number of piperidine rings is 1. The number of carbonyl (C=O) groups excluding carboxylic acids is 1. The van der Waals surface area contributed by atoms with E-state index < -0.39 is 12.0 Å². The number of amides is 2. The summed E-state index contributed by atoms with van der Waals surface area (Å²) in [4.78, 5) is 25.4. The predicted molar refractivity (Wildman–Crippen MR) is 81.2 cm³/mol. The number of likely N-dealkylation sites (tertiary alicyclic amines) is 1. The minimum atomic E-state index is -0.880. The predicted octanol–water partition coefficient (Wildman–Crippen LogP) is 2.99. The number of hydrogen-bond donors (Lipinski definition) is 2. The van der Waals surface area contributed by atoms with Gasteiger partial charge in [0.15, 0.2) is 0 Å². The highest BCUT2D eigenvalue weighted by Crippen LogP contribution is 2.23. The van der Waals surface area contributed by atoms with Gasteiger partial charge in [-0.1, -0.05) is 39.0 Å². The molecule has 2 amide bonds. The summed E-state index contributed by atoms with van der Waals surface area (Å²) in [5.41, 5.74) is 0. The van der Waals surface area contributed by atoms with Crippen molar-refractivity contribution in [2.45, 2.75) is 76.8 Å². The molecule has 1 saturated heterocycles. The largest absolute Gasteiger partial charge is 0.480 e. The van der Waals surface area contributed by atoms with Crippen LogP contribution in [0.3, 0.4) is 0 Å². The molecule has 0 radical (unpaired) electrons. The Balaban J connectivity index is 1.92. The summed E-state index contributed by atoms with van der Waals surface area (Å²) in [7, 11) is 0. The molecular weight excluding hydrogens is 268 g/mol. The zero-order valence-corrected chi connectivity index (χ0v) is 13.0.